The number of nitrogens with one attached hydrogen (secondary N) is 2. The molecule has 138 valence electrons. The molecule has 0 unspecified atom stereocenters. The van der Waals surface area contributed by atoms with Gasteiger partial charge >= 0.3 is 6.01 Å². The zero-order valence-electron chi connectivity index (χ0n) is 15.5. The Morgan fingerprint density at radius 2 is 1.25 bits per heavy atom. The fraction of sp³-hybridized carbons (Fsp3) is 0.812. The molecule has 0 aliphatic heterocycles. The minimum Gasteiger partial charge on any atom is -0.467 e. The summed E-state index contributed by atoms with van der Waals surface area (Å²) < 4.78 is 16.1. The first-order chi connectivity index (χ1) is 11.5. The highest BCUT2D eigenvalue weighted by molar-refractivity contribution is 5.35. The normalized spacial score (nSPS) is 11.1. The summed E-state index contributed by atoms with van der Waals surface area (Å²) in [5.41, 5.74) is 0. The van der Waals surface area contributed by atoms with Gasteiger partial charge in [0.15, 0.2) is 0 Å². The molecule has 1 rings (SSSR count). The van der Waals surface area contributed by atoms with Crippen molar-refractivity contribution < 1.29 is 14.2 Å². The lowest BCUT2D eigenvalue weighted by atomic mass is 10.4. The van der Waals surface area contributed by atoms with Crippen molar-refractivity contribution in [2.24, 2.45) is 0 Å². The fourth-order valence-corrected chi connectivity index (χ4v) is 1.79. The molecule has 0 aliphatic carbocycles. The van der Waals surface area contributed by atoms with Gasteiger partial charge in [-0.25, -0.2) is 0 Å². The van der Waals surface area contributed by atoms with Crippen molar-refractivity contribution in [2.75, 3.05) is 44.0 Å². The van der Waals surface area contributed by atoms with Crippen LogP contribution in [-0.4, -0.2) is 60.6 Å². The number of hydrogen-bond donors (Lipinski definition) is 2. The van der Waals surface area contributed by atoms with Crippen LogP contribution in [0.25, 0.3) is 0 Å². The summed E-state index contributed by atoms with van der Waals surface area (Å²) in [6, 6.07) is 0.284. The van der Waals surface area contributed by atoms with Crippen LogP contribution in [0.3, 0.4) is 0 Å². The lowest BCUT2D eigenvalue weighted by Gasteiger charge is -2.11. The maximum Gasteiger partial charge on any atom is 0.322 e. The molecule has 1 heterocycles. The van der Waals surface area contributed by atoms with Crippen LogP contribution < -0.4 is 15.4 Å². The summed E-state index contributed by atoms with van der Waals surface area (Å²) >= 11 is 0. The summed E-state index contributed by atoms with van der Waals surface area (Å²) in [5.74, 6) is 0.986. The number of methoxy groups -OCH3 is 1. The Morgan fingerprint density at radius 1 is 0.792 bits per heavy atom. The van der Waals surface area contributed by atoms with Gasteiger partial charge < -0.3 is 24.8 Å². The molecule has 24 heavy (non-hydrogen) atoms. The Balaban J connectivity index is 2.39. The standard InChI is InChI=1S/C16H31N5O3/c1-12(2)23-10-6-8-17-14-19-15(21-16(20-14)22-5)18-9-7-11-24-13(3)4/h12-13H,6-11H2,1-5H3,(H2,17,18,19,20,21). The predicted molar refractivity (Wildman–Crippen MR) is 94.8 cm³/mol. The zero-order valence-corrected chi connectivity index (χ0v) is 15.5. The van der Waals surface area contributed by atoms with Crippen molar-refractivity contribution in [3.05, 3.63) is 0 Å². The zero-order chi connectivity index (χ0) is 17.8. The lowest BCUT2D eigenvalue weighted by molar-refractivity contribution is 0.0785. The molecule has 0 atom stereocenters. The van der Waals surface area contributed by atoms with E-state index < -0.39 is 0 Å². The van der Waals surface area contributed by atoms with Crippen molar-refractivity contribution >= 4 is 11.9 Å². The first kappa shape index (κ1) is 20.4. The highest BCUT2D eigenvalue weighted by atomic mass is 16.5. The van der Waals surface area contributed by atoms with Crippen LogP contribution in [0.1, 0.15) is 40.5 Å². The Hall–Kier alpha value is -1.67. The van der Waals surface area contributed by atoms with Crippen molar-refractivity contribution in [1.82, 2.24) is 15.0 Å². The molecule has 1 aromatic rings. The number of ether oxygens (including phenoxy) is 3. The van der Waals surface area contributed by atoms with Crippen LogP contribution in [0, 0.1) is 0 Å². The number of aromatic nitrogens is 3. The van der Waals surface area contributed by atoms with E-state index in [9.17, 15) is 0 Å². The number of anilines is 2. The average Bonchev–Trinajstić information content (AvgIpc) is 2.53. The van der Waals surface area contributed by atoms with Gasteiger partial charge in [0.1, 0.15) is 0 Å². The maximum atomic E-state index is 5.50. The second-order valence-electron chi connectivity index (χ2n) is 5.87. The quantitative estimate of drug-likeness (QED) is 0.528. The molecule has 2 N–H and O–H groups in total. The monoisotopic (exact) mass is 341 g/mol. The molecule has 0 saturated carbocycles. The van der Waals surface area contributed by atoms with Gasteiger partial charge in [0.05, 0.1) is 19.3 Å². The third-order valence-electron chi connectivity index (χ3n) is 2.91. The van der Waals surface area contributed by atoms with E-state index in [1.54, 1.807) is 0 Å². The van der Waals surface area contributed by atoms with Crippen LogP contribution in [0.5, 0.6) is 6.01 Å². The molecule has 0 spiro atoms. The van der Waals surface area contributed by atoms with Gasteiger partial charge in [0.2, 0.25) is 11.9 Å². The summed E-state index contributed by atoms with van der Waals surface area (Å²) in [6.07, 6.45) is 2.25. The molecule has 0 saturated heterocycles. The first-order valence-electron chi connectivity index (χ1n) is 8.52. The van der Waals surface area contributed by atoms with Gasteiger partial charge in [-0.05, 0) is 40.5 Å². The Bertz CT molecular complexity index is 421. The van der Waals surface area contributed by atoms with Gasteiger partial charge in [-0.1, -0.05) is 0 Å². The third-order valence-corrected chi connectivity index (χ3v) is 2.91. The van der Waals surface area contributed by atoms with E-state index in [0.717, 1.165) is 25.9 Å². The Morgan fingerprint density at radius 3 is 1.62 bits per heavy atom. The fourth-order valence-electron chi connectivity index (χ4n) is 1.79. The molecule has 0 amide bonds. The molecule has 8 heteroatoms. The summed E-state index contributed by atoms with van der Waals surface area (Å²) in [5, 5.41) is 6.33. The van der Waals surface area contributed by atoms with E-state index in [-0.39, 0.29) is 18.2 Å². The van der Waals surface area contributed by atoms with Gasteiger partial charge in [-0.15, -0.1) is 0 Å². The highest BCUT2D eigenvalue weighted by Crippen LogP contribution is 2.10. The Labute approximate surface area is 144 Å². The van der Waals surface area contributed by atoms with Gasteiger partial charge in [-0.2, -0.15) is 15.0 Å². The number of rotatable bonds is 13. The topological polar surface area (TPSA) is 90.4 Å². The highest BCUT2D eigenvalue weighted by Gasteiger charge is 2.06. The van der Waals surface area contributed by atoms with E-state index in [1.165, 1.54) is 7.11 Å². The largest absolute Gasteiger partial charge is 0.467 e. The van der Waals surface area contributed by atoms with Crippen LogP contribution in [-0.2, 0) is 9.47 Å². The van der Waals surface area contributed by atoms with Crippen LogP contribution >= 0.6 is 0 Å². The Kier molecular flexibility index (Phi) is 10.0. The smallest absolute Gasteiger partial charge is 0.322 e. The van der Waals surface area contributed by atoms with Gasteiger partial charge in [0, 0.05) is 26.3 Å². The molecule has 1 aromatic heterocycles. The summed E-state index contributed by atoms with van der Waals surface area (Å²) in [7, 11) is 1.54. The lowest BCUT2D eigenvalue weighted by Crippen LogP contribution is -2.14. The van der Waals surface area contributed by atoms with E-state index in [1.807, 2.05) is 27.7 Å². The minimum atomic E-state index is 0.248. The van der Waals surface area contributed by atoms with Crippen LogP contribution in [0.15, 0.2) is 0 Å². The van der Waals surface area contributed by atoms with E-state index in [2.05, 4.69) is 25.6 Å². The second kappa shape index (κ2) is 11.8. The van der Waals surface area contributed by atoms with E-state index >= 15 is 0 Å². The molecule has 0 aliphatic rings. The van der Waals surface area contributed by atoms with Crippen LogP contribution in [0.2, 0.25) is 0 Å². The molecule has 0 fully saturated rings. The number of hydrogen-bond acceptors (Lipinski definition) is 8. The first-order valence-corrected chi connectivity index (χ1v) is 8.52. The van der Waals surface area contributed by atoms with Crippen LogP contribution in [0.4, 0.5) is 11.9 Å². The van der Waals surface area contributed by atoms with E-state index in [0.29, 0.717) is 25.1 Å². The van der Waals surface area contributed by atoms with Crippen molar-refractivity contribution in [1.29, 1.82) is 0 Å². The van der Waals surface area contributed by atoms with Crippen molar-refractivity contribution in [3.63, 3.8) is 0 Å². The van der Waals surface area contributed by atoms with Gasteiger partial charge in [0.25, 0.3) is 0 Å². The average molecular weight is 341 g/mol. The molecule has 0 aromatic carbocycles. The molecule has 0 bridgehead atoms. The third kappa shape index (κ3) is 9.46. The second-order valence-corrected chi connectivity index (χ2v) is 5.87. The van der Waals surface area contributed by atoms with Crippen molar-refractivity contribution in [3.8, 4) is 6.01 Å². The minimum absolute atomic E-state index is 0.248. The van der Waals surface area contributed by atoms with Gasteiger partial charge in [-0.3, -0.25) is 0 Å². The summed E-state index contributed by atoms with van der Waals surface area (Å²) in [4.78, 5) is 12.7. The number of nitrogens with zero attached hydrogens (tertiary/aromatic N) is 3. The SMILES string of the molecule is COc1nc(NCCCOC(C)C)nc(NCCCOC(C)C)n1. The molecule has 8 nitrogen and oxygen atoms in total. The van der Waals surface area contributed by atoms with E-state index in [4.69, 9.17) is 14.2 Å². The summed E-state index contributed by atoms with van der Waals surface area (Å²) in [6.45, 7) is 10.9. The molecular weight excluding hydrogens is 310 g/mol. The molecule has 0 radical (unpaired) electrons. The predicted octanol–water partition coefficient (Wildman–Crippen LogP) is 2.33. The van der Waals surface area contributed by atoms with Crippen molar-refractivity contribution in [2.45, 2.75) is 52.7 Å². The molecular formula is C16H31N5O3. The maximum absolute atomic E-state index is 5.50.